The highest BCUT2D eigenvalue weighted by molar-refractivity contribution is 7.94. The van der Waals surface area contributed by atoms with Crippen LogP contribution in [0.5, 0.6) is 5.75 Å². The zero-order valence-electron chi connectivity index (χ0n) is 30.6. The number of carbonyl (C=O) groups excluding carboxylic acids is 1. The molecule has 13 nitrogen and oxygen atoms in total. The van der Waals surface area contributed by atoms with E-state index in [1.54, 1.807) is 24.3 Å². The van der Waals surface area contributed by atoms with Crippen molar-refractivity contribution >= 4 is 61.1 Å². The van der Waals surface area contributed by atoms with Gasteiger partial charge in [0.1, 0.15) is 29.8 Å². The van der Waals surface area contributed by atoms with E-state index in [9.17, 15) is 45.5 Å². The van der Waals surface area contributed by atoms with Gasteiger partial charge >= 0.3 is 6.09 Å². The summed E-state index contributed by atoms with van der Waals surface area (Å²) in [6.45, 7) is 0.177. The van der Waals surface area contributed by atoms with E-state index < -0.39 is 69.3 Å². The van der Waals surface area contributed by atoms with E-state index >= 15 is 0 Å². The quantitative estimate of drug-likeness (QED) is 0.0756. The molecule has 0 saturated heterocycles. The Labute approximate surface area is 332 Å². The second-order valence-electron chi connectivity index (χ2n) is 13.9. The fourth-order valence-electron chi connectivity index (χ4n) is 7.02. The summed E-state index contributed by atoms with van der Waals surface area (Å²) in [7, 11) is -2.79. The first-order valence-corrected chi connectivity index (χ1v) is 19.5. The SMILES string of the molecule is COc1ccc(CC2(S(=O)(=O)Nc3nn(CC(F)F)c4c(-n5c([C@H](Cc6cc(F)cc(F)c6)NC(=O)O)nc6cc(C(C)=O)ccc6c5=O)ccc(Cl)c34)CC2)cc1. The number of nitrogens with zero attached hydrogens (tertiary/aromatic N) is 4. The molecule has 302 valence electrons. The van der Waals surface area contributed by atoms with Crippen molar-refractivity contribution in [3.05, 3.63) is 122 Å². The minimum Gasteiger partial charge on any atom is -0.497 e. The first kappa shape index (κ1) is 40.2. The molecule has 0 radical (unpaired) electrons. The van der Waals surface area contributed by atoms with Crippen LogP contribution in [0.25, 0.3) is 27.5 Å². The van der Waals surface area contributed by atoms with Gasteiger partial charge in [0, 0.05) is 18.1 Å². The highest BCUT2D eigenvalue weighted by atomic mass is 35.5. The lowest BCUT2D eigenvalue weighted by molar-refractivity contribution is 0.101. The summed E-state index contributed by atoms with van der Waals surface area (Å²) < 4.78 is 93.6. The van der Waals surface area contributed by atoms with Crippen molar-refractivity contribution in [1.82, 2.24) is 24.6 Å². The number of alkyl halides is 2. The molecule has 0 spiro atoms. The van der Waals surface area contributed by atoms with E-state index in [1.807, 2.05) is 0 Å². The number of carbonyl (C=O) groups is 2. The fraction of sp³-hybridized carbons (Fsp3) is 0.256. The highest BCUT2D eigenvalue weighted by Crippen LogP contribution is 2.48. The van der Waals surface area contributed by atoms with Crippen molar-refractivity contribution in [1.29, 1.82) is 0 Å². The number of nitrogens with one attached hydrogen (secondary N) is 2. The van der Waals surface area contributed by atoms with Crippen molar-refractivity contribution in [2.45, 2.75) is 56.4 Å². The summed E-state index contributed by atoms with van der Waals surface area (Å²) in [6, 6.07) is 14.3. The minimum atomic E-state index is -4.29. The summed E-state index contributed by atoms with van der Waals surface area (Å²) in [6.07, 6.45) is -4.47. The third-order valence-electron chi connectivity index (χ3n) is 9.94. The van der Waals surface area contributed by atoms with Crippen LogP contribution >= 0.6 is 11.6 Å². The number of ketones is 1. The molecule has 2 aromatic heterocycles. The van der Waals surface area contributed by atoms with Crippen molar-refractivity contribution in [3.8, 4) is 11.4 Å². The molecule has 58 heavy (non-hydrogen) atoms. The van der Waals surface area contributed by atoms with Crippen molar-refractivity contribution in [2.24, 2.45) is 0 Å². The molecule has 3 N–H and O–H groups in total. The van der Waals surface area contributed by atoms with Gasteiger partial charge in [-0.1, -0.05) is 29.8 Å². The third kappa shape index (κ3) is 7.80. The van der Waals surface area contributed by atoms with E-state index in [1.165, 1.54) is 44.4 Å². The number of hydrogen-bond acceptors (Lipinski definition) is 8. The Kier molecular flexibility index (Phi) is 10.7. The predicted octanol–water partition coefficient (Wildman–Crippen LogP) is 7.21. The number of benzene rings is 4. The number of amides is 1. The summed E-state index contributed by atoms with van der Waals surface area (Å²) >= 11 is 6.70. The smallest absolute Gasteiger partial charge is 0.405 e. The van der Waals surface area contributed by atoms with E-state index in [0.717, 1.165) is 21.4 Å². The molecule has 19 heteroatoms. The number of rotatable bonds is 14. The van der Waals surface area contributed by atoms with Gasteiger partial charge in [-0.15, -0.1) is 0 Å². The highest BCUT2D eigenvalue weighted by Gasteiger charge is 2.55. The number of ether oxygens (including phenoxy) is 1. The standard InChI is InChI=1S/C39H33ClF4N6O7S/c1-20(51)23-5-8-27-29(16-23)45-36(30(46-38(53)54)15-22-13-24(41)17-25(42)14-22)50(37(27)52)31-10-9-28(40)33-34(31)49(19-32(43)44)47-35(33)48-58(55,56)39(11-12-39)18-21-3-6-26(57-2)7-4-21/h3-10,13-14,16-17,30,32,46H,11-12,15,18-19H2,1-2H3,(H,47,48)(H,53,54)/t30-/m0/s1. The number of Topliss-reactive ketones (excluding diaryl/α,β-unsaturated/α-hetero) is 1. The van der Waals surface area contributed by atoms with Gasteiger partial charge in [-0.3, -0.25) is 23.6 Å². The molecule has 2 heterocycles. The van der Waals surface area contributed by atoms with Crippen LogP contribution in [0.3, 0.4) is 0 Å². The average molecular weight is 841 g/mol. The van der Waals surface area contributed by atoms with Gasteiger partial charge in [0.05, 0.1) is 50.4 Å². The first-order chi connectivity index (χ1) is 27.5. The molecule has 0 aliphatic heterocycles. The van der Waals surface area contributed by atoms with Crippen molar-refractivity contribution in [3.63, 3.8) is 0 Å². The molecule has 0 bridgehead atoms. The normalized spacial score (nSPS) is 14.1. The molecule has 1 aliphatic rings. The van der Waals surface area contributed by atoms with Gasteiger partial charge in [0.25, 0.3) is 12.0 Å². The number of carboxylic acid groups (broad SMARTS) is 1. The number of hydrogen-bond donors (Lipinski definition) is 3. The Morgan fingerprint density at radius 2 is 1.69 bits per heavy atom. The molecular formula is C39H33ClF4N6O7S. The van der Waals surface area contributed by atoms with Gasteiger partial charge in [0.2, 0.25) is 10.0 Å². The number of fused-ring (bicyclic) bond motifs is 2. The molecule has 1 aliphatic carbocycles. The van der Waals surface area contributed by atoms with Gasteiger partial charge in [-0.2, -0.15) is 5.10 Å². The fourth-order valence-corrected chi connectivity index (χ4v) is 8.87. The van der Waals surface area contributed by atoms with Gasteiger partial charge in [-0.05, 0) is 85.8 Å². The van der Waals surface area contributed by atoms with Crippen LogP contribution in [0.2, 0.25) is 5.02 Å². The molecule has 1 amide bonds. The number of aromatic nitrogens is 4. The Bertz CT molecular complexity index is 2770. The Morgan fingerprint density at radius 3 is 2.29 bits per heavy atom. The molecule has 1 fully saturated rings. The number of sulfonamides is 1. The van der Waals surface area contributed by atoms with Crippen LogP contribution in [0, 0.1) is 11.6 Å². The molecule has 6 aromatic rings. The van der Waals surface area contributed by atoms with Crippen LogP contribution in [-0.4, -0.2) is 63.0 Å². The predicted molar refractivity (Wildman–Crippen MR) is 207 cm³/mol. The van der Waals surface area contributed by atoms with Crippen LogP contribution in [0.4, 0.5) is 28.2 Å². The maximum atomic E-state index is 14.6. The number of halogens is 5. The first-order valence-electron chi connectivity index (χ1n) is 17.6. The maximum Gasteiger partial charge on any atom is 0.405 e. The molecule has 4 aromatic carbocycles. The Hall–Kier alpha value is -6.01. The zero-order chi connectivity index (χ0) is 41.7. The van der Waals surface area contributed by atoms with E-state index in [-0.39, 0.29) is 74.5 Å². The maximum absolute atomic E-state index is 14.6. The average Bonchev–Trinajstić information content (AvgIpc) is 3.87. The van der Waals surface area contributed by atoms with E-state index in [2.05, 4.69) is 20.1 Å². The van der Waals surface area contributed by atoms with Gasteiger partial charge in [-0.25, -0.2) is 35.8 Å². The van der Waals surface area contributed by atoms with Crippen LogP contribution in [-0.2, 0) is 29.4 Å². The van der Waals surface area contributed by atoms with E-state index in [0.29, 0.717) is 17.4 Å². The molecular weight excluding hydrogens is 808 g/mol. The van der Waals surface area contributed by atoms with Crippen LogP contribution < -0.4 is 20.3 Å². The number of methoxy groups -OCH3 is 1. The molecule has 7 rings (SSSR count). The lowest BCUT2D eigenvalue weighted by Gasteiger charge is -2.23. The Morgan fingerprint density at radius 1 is 1.00 bits per heavy atom. The van der Waals surface area contributed by atoms with Gasteiger partial charge < -0.3 is 15.2 Å². The summed E-state index contributed by atoms with van der Waals surface area (Å²) in [5.41, 5.74) is -0.583. The molecule has 1 atom stereocenters. The van der Waals surface area contributed by atoms with Crippen molar-refractivity contribution < 1.29 is 45.4 Å². The molecule has 0 unspecified atom stereocenters. The lowest BCUT2D eigenvalue weighted by atomic mass is 10.0. The minimum absolute atomic E-state index is 0.0426. The summed E-state index contributed by atoms with van der Waals surface area (Å²) in [4.78, 5) is 43.8. The summed E-state index contributed by atoms with van der Waals surface area (Å²) in [5.74, 6) is -2.53. The zero-order valence-corrected chi connectivity index (χ0v) is 32.2. The monoisotopic (exact) mass is 840 g/mol. The Balaban J connectivity index is 1.45. The number of anilines is 1. The van der Waals surface area contributed by atoms with Gasteiger partial charge in [0.15, 0.2) is 11.6 Å². The third-order valence-corrected chi connectivity index (χ3v) is 12.4. The van der Waals surface area contributed by atoms with Crippen LogP contribution in [0.15, 0.2) is 77.6 Å². The topological polar surface area (TPSA) is 175 Å². The van der Waals surface area contributed by atoms with Crippen LogP contribution in [0.1, 0.15) is 53.1 Å². The van der Waals surface area contributed by atoms with E-state index in [4.69, 9.17) is 16.3 Å². The van der Waals surface area contributed by atoms with Crippen molar-refractivity contribution in [2.75, 3.05) is 11.8 Å². The second kappa shape index (κ2) is 15.4. The summed E-state index contributed by atoms with van der Waals surface area (Å²) in [5, 5.41) is 16.0. The lowest BCUT2D eigenvalue weighted by Crippen LogP contribution is -2.35. The second-order valence-corrected chi connectivity index (χ2v) is 16.4. The largest absolute Gasteiger partial charge is 0.497 e. The molecule has 1 saturated carbocycles.